The van der Waals surface area contributed by atoms with Gasteiger partial charge < -0.3 is 15.4 Å². The molecular formula is C14H28N2O2. The van der Waals surface area contributed by atoms with Gasteiger partial charge in [0.1, 0.15) is 0 Å². The molecule has 0 radical (unpaired) electrons. The minimum absolute atomic E-state index is 0.134. The van der Waals surface area contributed by atoms with Gasteiger partial charge in [-0.05, 0) is 33.1 Å². The molecule has 1 amide bonds. The molecule has 0 saturated carbocycles. The molecular weight excluding hydrogens is 228 g/mol. The molecule has 2 atom stereocenters. The van der Waals surface area contributed by atoms with Gasteiger partial charge in [0.2, 0.25) is 5.91 Å². The third-order valence-corrected chi connectivity index (χ3v) is 3.21. The fourth-order valence-corrected chi connectivity index (χ4v) is 2.37. The Labute approximate surface area is 111 Å². The van der Waals surface area contributed by atoms with Gasteiger partial charge in [0, 0.05) is 31.7 Å². The highest BCUT2D eigenvalue weighted by Gasteiger charge is 2.21. The molecule has 0 aliphatic carbocycles. The summed E-state index contributed by atoms with van der Waals surface area (Å²) < 4.78 is 5.71. The Bertz CT molecular complexity index is 242. The summed E-state index contributed by atoms with van der Waals surface area (Å²) in [7, 11) is 0. The zero-order chi connectivity index (χ0) is 13.4. The van der Waals surface area contributed by atoms with Crippen LogP contribution >= 0.6 is 0 Å². The predicted octanol–water partition coefficient (Wildman–Crippen LogP) is 1.84. The number of amides is 1. The van der Waals surface area contributed by atoms with Crippen LogP contribution in [0.15, 0.2) is 0 Å². The summed E-state index contributed by atoms with van der Waals surface area (Å²) in [6.45, 7) is 7.78. The first-order chi connectivity index (χ1) is 8.61. The lowest BCUT2D eigenvalue weighted by Gasteiger charge is -2.30. The first kappa shape index (κ1) is 15.4. The van der Waals surface area contributed by atoms with Gasteiger partial charge >= 0.3 is 0 Å². The quantitative estimate of drug-likeness (QED) is 0.731. The first-order valence-corrected chi connectivity index (χ1v) is 7.26. The molecule has 4 heteroatoms. The lowest BCUT2D eigenvalue weighted by molar-refractivity contribution is -0.121. The maximum atomic E-state index is 11.5. The van der Waals surface area contributed by atoms with E-state index in [1.54, 1.807) is 0 Å². The van der Waals surface area contributed by atoms with Gasteiger partial charge in [0.25, 0.3) is 0 Å². The zero-order valence-corrected chi connectivity index (χ0v) is 12.0. The van der Waals surface area contributed by atoms with Crippen LogP contribution in [-0.4, -0.2) is 37.2 Å². The minimum atomic E-state index is 0.134. The third kappa shape index (κ3) is 6.36. The van der Waals surface area contributed by atoms with E-state index in [4.69, 9.17) is 4.74 Å². The summed E-state index contributed by atoms with van der Waals surface area (Å²) in [5, 5.41) is 6.38. The van der Waals surface area contributed by atoms with Crippen LogP contribution < -0.4 is 10.6 Å². The highest BCUT2D eigenvalue weighted by molar-refractivity contribution is 5.76. The molecule has 0 spiro atoms. The van der Waals surface area contributed by atoms with Crippen molar-refractivity contribution in [2.75, 3.05) is 13.2 Å². The van der Waals surface area contributed by atoms with Gasteiger partial charge in [-0.15, -0.1) is 0 Å². The van der Waals surface area contributed by atoms with E-state index in [1.807, 2.05) is 13.8 Å². The maximum Gasteiger partial charge on any atom is 0.221 e. The van der Waals surface area contributed by atoms with E-state index in [9.17, 15) is 4.79 Å². The van der Waals surface area contributed by atoms with Crippen LogP contribution in [-0.2, 0) is 9.53 Å². The van der Waals surface area contributed by atoms with Gasteiger partial charge in [0.15, 0.2) is 0 Å². The molecule has 2 unspecified atom stereocenters. The Hall–Kier alpha value is -0.610. The van der Waals surface area contributed by atoms with Crippen molar-refractivity contribution in [2.24, 2.45) is 0 Å². The van der Waals surface area contributed by atoms with Crippen LogP contribution in [0.1, 0.15) is 52.9 Å². The number of ether oxygens (including phenoxy) is 1. The van der Waals surface area contributed by atoms with E-state index in [0.29, 0.717) is 18.6 Å². The molecule has 18 heavy (non-hydrogen) atoms. The SMILES string of the molecule is CCCC1CC(NCCC(=O)NC(C)C)CCO1. The molecule has 1 rings (SSSR count). The van der Waals surface area contributed by atoms with Crippen molar-refractivity contribution in [1.82, 2.24) is 10.6 Å². The smallest absolute Gasteiger partial charge is 0.221 e. The fourth-order valence-electron chi connectivity index (χ4n) is 2.37. The van der Waals surface area contributed by atoms with Gasteiger partial charge in [0.05, 0.1) is 6.10 Å². The number of carbonyl (C=O) groups excluding carboxylic acids is 1. The standard InChI is InChI=1S/C14H28N2O2/c1-4-5-13-10-12(7-9-18-13)15-8-6-14(17)16-11(2)3/h11-13,15H,4-10H2,1-3H3,(H,16,17). The Morgan fingerprint density at radius 2 is 2.22 bits per heavy atom. The molecule has 0 aromatic heterocycles. The van der Waals surface area contributed by atoms with E-state index >= 15 is 0 Å². The van der Waals surface area contributed by atoms with Crippen molar-refractivity contribution < 1.29 is 9.53 Å². The van der Waals surface area contributed by atoms with Gasteiger partial charge in [-0.25, -0.2) is 0 Å². The van der Waals surface area contributed by atoms with E-state index in [2.05, 4.69) is 17.6 Å². The molecule has 1 fully saturated rings. The second-order valence-corrected chi connectivity index (χ2v) is 5.43. The van der Waals surface area contributed by atoms with E-state index in [1.165, 1.54) is 6.42 Å². The van der Waals surface area contributed by atoms with Crippen LogP contribution in [0.5, 0.6) is 0 Å². The zero-order valence-electron chi connectivity index (χ0n) is 12.0. The lowest BCUT2D eigenvalue weighted by Crippen LogP contribution is -2.41. The Morgan fingerprint density at radius 1 is 1.44 bits per heavy atom. The molecule has 1 aliphatic rings. The Kier molecular flexibility index (Phi) is 7.28. The third-order valence-electron chi connectivity index (χ3n) is 3.21. The summed E-state index contributed by atoms with van der Waals surface area (Å²) in [5.74, 6) is 0.134. The monoisotopic (exact) mass is 256 g/mol. The largest absolute Gasteiger partial charge is 0.378 e. The maximum absolute atomic E-state index is 11.5. The summed E-state index contributed by atoms with van der Waals surface area (Å²) in [6, 6.07) is 0.747. The average Bonchev–Trinajstić information content (AvgIpc) is 2.29. The van der Waals surface area contributed by atoms with E-state index in [-0.39, 0.29) is 11.9 Å². The molecule has 0 bridgehead atoms. The second-order valence-electron chi connectivity index (χ2n) is 5.43. The predicted molar refractivity (Wildman–Crippen MR) is 73.6 cm³/mol. The molecule has 106 valence electrons. The van der Waals surface area contributed by atoms with Gasteiger partial charge in [-0.3, -0.25) is 4.79 Å². The minimum Gasteiger partial charge on any atom is -0.378 e. The second kappa shape index (κ2) is 8.48. The highest BCUT2D eigenvalue weighted by Crippen LogP contribution is 2.17. The molecule has 1 heterocycles. The molecule has 4 nitrogen and oxygen atoms in total. The van der Waals surface area contributed by atoms with Crippen LogP contribution in [0.4, 0.5) is 0 Å². The summed E-state index contributed by atoms with van der Waals surface area (Å²) in [5.41, 5.74) is 0. The lowest BCUT2D eigenvalue weighted by atomic mass is 10.00. The molecule has 1 saturated heterocycles. The molecule has 0 aromatic rings. The van der Waals surface area contributed by atoms with Crippen molar-refractivity contribution in [3.63, 3.8) is 0 Å². The number of hydrogen-bond acceptors (Lipinski definition) is 3. The van der Waals surface area contributed by atoms with Crippen LogP contribution in [0, 0.1) is 0 Å². The van der Waals surface area contributed by atoms with E-state index < -0.39 is 0 Å². The molecule has 2 N–H and O–H groups in total. The fraction of sp³-hybridized carbons (Fsp3) is 0.929. The topological polar surface area (TPSA) is 50.4 Å². The Morgan fingerprint density at radius 3 is 2.89 bits per heavy atom. The normalized spacial score (nSPS) is 24.2. The van der Waals surface area contributed by atoms with Gasteiger partial charge in [-0.1, -0.05) is 13.3 Å². The van der Waals surface area contributed by atoms with E-state index in [0.717, 1.165) is 32.4 Å². The number of hydrogen-bond donors (Lipinski definition) is 2. The van der Waals surface area contributed by atoms with Crippen LogP contribution in [0.2, 0.25) is 0 Å². The summed E-state index contributed by atoms with van der Waals surface area (Å²) >= 11 is 0. The molecule has 0 aromatic carbocycles. The number of nitrogens with one attached hydrogen (secondary N) is 2. The van der Waals surface area contributed by atoms with Crippen molar-refractivity contribution in [1.29, 1.82) is 0 Å². The van der Waals surface area contributed by atoms with Crippen molar-refractivity contribution in [2.45, 2.75) is 71.1 Å². The number of rotatable bonds is 7. The van der Waals surface area contributed by atoms with Gasteiger partial charge in [-0.2, -0.15) is 0 Å². The summed E-state index contributed by atoms with van der Waals surface area (Å²) in [4.78, 5) is 11.5. The van der Waals surface area contributed by atoms with Crippen LogP contribution in [0.3, 0.4) is 0 Å². The van der Waals surface area contributed by atoms with Crippen molar-refractivity contribution in [3.05, 3.63) is 0 Å². The first-order valence-electron chi connectivity index (χ1n) is 7.26. The Balaban J connectivity index is 2.13. The van der Waals surface area contributed by atoms with Crippen molar-refractivity contribution in [3.8, 4) is 0 Å². The number of carbonyl (C=O) groups is 1. The van der Waals surface area contributed by atoms with Crippen molar-refractivity contribution >= 4 is 5.91 Å². The average molecular weight is 256 g/mol. The molecule has 1 aliphatic heterocycles. The van der Waals surface area contributed by atoms with Crippen LogP contribution in [0.25, 0.3) is 0 Å². The summed E-state index contributed by atoms with van der Waals surface area (Å²) in [6.07, 6.45) is 5.44. The highest BCUT2D eigenvalue weighted by atomic mass is 16.5.